The number of benzene rings is 2. The van der Waals surface area contributed by atoms with Crippen LogP contribution in [0.4, 0.5) is 4.79 Å². The van der Waals surface area contributed by atoms with Crippen LogP contribution in [-0.2, 0) is 6.54 Å². The Hall–Kier alpha value is -2.26. The molecular weight excluding hydrogens is 284 g/mol. The number of rotatable bonds is 2. The monoisotopic (exact) mass is 298 g/mol. The van der Waals surface area contributed by atoms with Crippen LogP contribution in [0.25, 0.3) is 6.08 Å². The molecule has 1 unspecified atom stereocenters. The lowest BCUT2D eigenvalue weighted by Crippen LogP contribution is -2.38. The zero-order valence-electron chi connectivity index (χ0n) is 11.4. The van der Waals surface area contributed by atoms with Gasteiger partial charge >= 0.3 is 6.03 Å². The predicted molar refractivity (Wildman–Crippen MR) is 84.6 cm³/mol. The molecule has 0 radical (unpaired) electrons. The number of carbonyl (C=O) groups excluding carboxylic acids is 1. The van der Waals surface area contributed by atoms with Crippen LogP contribution in [0.3, 0.4) is 0 Å². The molecule has 106 valence electrons. The zero-order chi connectivity index (χ0) is 14.7. The van der Waals surface area contributed by atoms with Crippen molar-refractivity contribution in [2.45, 2.75) is 12.0 Å². The SMILES string of the molecule is O=C(NCc1ccccc1)N1C=Cc2ccccc2C1Cl. The first kappa shape index (κ1) is 13.7. The van der Waals surface area contributed by atoms with Gasteiger partial charge in [-0.25, -0.2) is 4.79 Å². The number of nitrogens with zero attached hydrogens (tertiary/aromatic N) is 1. The van der Waals surface area contributed by atoms with Gasteiger partial charge in [-0.1, -0.05) is 66.2 Å². The minimum atomic E-state index is -0.484. The summed E-state index contributed by atoms with van der Waals surface area (Å²) in [5.41, 5.74) is 2.56. The molecule has 2 aromatic rings. The molecule has 0 saturated carbocycles. The molecule has 3 nitrogen and oxygen atoms in total. The predicted octanol–water partition coefficient (Wildman–Crippen LogP) is 4.12. The number of hydrogen-bond donors (Lipinski definition) is 1. The molecule has 0 fully saturated rings. The summed E-state index contributed by atoms with van der Waals surface area (Å²) in [6.07, 6.45) is 3.62. The van der Waals surface area contributed by atoms with Gasteiger partial charge in [0, 0.05) is 12.7 Å². The fourth-order valence-electron chi connectivity index (χ4n) is 2.30. The molecule has 0 bridgehead atoms. The molecule has 21 heavy (non-hydrogen) atoms. The highest BCUT2D eigenvalue weighted by molar-refractivity contribution is 6.22. The number of carbonyl (C=O) groups is 1. The second-order valence-corrected chi connectivity index (χ2v) is 5.25. The average Bonchev–Trinajstić information content (AvgIpc) is 2.54. The lowest BCUT2D eigenvalue weighted by atomic mass is 10.0. The van der Waals surface area contributed by atoms with E-state index in [4.69, 9.17) is 11.6 Å². The summed E-state index contributed by atoms with van der Waals surface area (Å²) in [6, 6.07) is 17.4. The van der Waals surface area contributed by atoms with Crippen LogP contribution in [0.2, 0.25) is 0 Å². The van der Waals surface area contributed by atoms with Crippen LogP contribution < -0.4 is 5.32 Å². The Labute approximate surface area is 128 Å². The Morgan fingerprint density at radius 3 is 2.62 bits per heavy atom. The van der Waals surface area contributed by atoms with Gasteiger partial charge in [0.25, 0.3) is 0 Å². The van der Waals surface area contributed by atoms with E-state index in [9.17, 15) is 4.79 Å². The molecule has 1 aliphatic rings. The Morgan fingerprint density at radius 2 is 1.81 bits per heavy atom. The molecule has 0 saturated heterocycles. The largest absolute Gasteiger partial charge is 0.334 e. The smallest absolute Gasteiger partial charge is 0.323 e. The normalized spacial score (nSPS) is 16.4. The van der Waals surface area contributed by atoms with Gasteiger partial charge in [-0.05, 0) is 22.8 Å². The molecule has 0 aliphatic carbocycles. The number of alkyl halides is 1. The topological polar surface area (TPSA) is 32.3 Å². The summed E-state index contributed by atoms with van der Waals surface area (Å²) >= 11 is 6.40. The lowest BCUT2D eigenvalue weighted by molar-refractivity contribution is 0.211. The first-order chi connectivity index (χ1) is 10.3. The second kappa shape index (κ2) is 6.02. The van der Waals surface area contributed by atoms with Crippen LogP contribution in [0.1, 0.15) is 22.2 Å². The standard InChI is InChI=1S/C17H15ClN2O/c18-16-15-9-5-4-8-14(15)10-11-20(16)17(21)19-12-13-6-2-1-3-7-13/h1-11,16H,12H2,(H,19,21). The van der Waals surface area contributed by atoms with Crippen molar-refractivity contribution >= 4 is 23.7 Å². The molecule has 1 atom stereocenters. The third-order valence-corrected chi connectivity index (χ3v) is 3.88. The summed E-state index contributed by atoms with van der Waals surface area (Å²) in [7, 11) is 0. The third kappa shape index (κ3) is 2.93. The van der Waals surface area contributed by atoms with E-state index < -0.39 is 5.50 Å². The van der Waals surface area contributed by atoms with Crippen molar-refractivity contribution in [3.8, 4) is 0 Å². The van der Waals surface area contributed by atoms with E-state index in [0.717, 1.165) is 16.7 Å². The third-order valence-electron chi connectivity index (χ3n) is 3.43. The van der Waals surface area contributed by atoms with Crippen molar-refractivity contribution in [2.24, 2.45) is 0 Å². The van der Waals surface area contributed by atoms with Crippen molar-refractivity contribution in [1.82, 2.24) is 10.2 Å². The van der Waals surface area contributed by atoms with Gasteiger partial charge in [-0.2, -0.15) is 0 Å². The fourth-order valence-corrected chi connectivity index (χ4v) is 2.65. The number of nitrogens with one attached hydrogen (secondary N) is 1. The maximum Gasteiger partial charge on any atom is 0.323 e. The Balaban J connectivity index is 1.69. The van der Waals surface area contributed by atoms with E-state index >= 15 is 0 Å². The number of urea groups is 1. The fraction of sp³-hybridized carbons (Fsp3) is 0.118. The number of halogens is 1. The summed E-state index contributed by atoms with van der Waals surface area (Å²) in [4.78, 5) is 13.8. The van der Waals surface area contributed by atoms with E-state index in [2.05, 4.69) is 5.32 Å². The van der Waals surface area contributed by atoms with Crippen molar-refractivity contribution in [1.29, 1.82) is 0 Å². The molecular formula is C17H15ClN2O. The minimum absolute atomic E-state index is 0.204. The summed E-state index contributed by atoms with van der Waals surface area (Å²) in [5.74, 6) is 0. The van der Waals surface area contributed by atoms with Crippen LogP contribution in [0.15, 0.2) is 60.8 Å². The van der Waals surface area contributed by atoms with Crippen molar-refractivity contribution < 1.29 is 4.79 Å². The maximum atomic E-state index is 12.3. The molecule has 4 heteroatoms. The highest BCUT2D eigenvalue weighted by Crippen LogP contribution is 2.32. The first-order valence-corrected chi connectivity index (χ1v) is 7.20. The van der Waals surface area contributed by atoms with E-state index in [0.29, 0.717) is 6.54 Å². The molecule has 0 aromatic heterocycles. The van der Waals surface area contributed by atoms with Crippen molar-refractivity contribution in [3.05, 3.63) is 77.5 Å². The summed E-state index contributed by atoms with van der Waals surface area (Å²) in [5, 5.41) is 2.88. The van der Waals surface area contributed by atoms with Gasteiger partial charge in [-0.3, -0.25) is 4.90 Å². The number of fused-ring (bicyclic) bond motifs is 1. The van der Waals surface area contributed by atoms with E-state index in [1.807, 2.05) is 60.7 Å². The van der Waals surface area contributed by atoms with E-state index in [1.54, 1.807) is 6.20 Å². The van der Waals surface area contributed by atoms with Gasteiger partial charge in [0.05, 0.1) is 0 Å². The summed E-state index contributed by atoms with van der Waals surface area (Å²) in [6.45, 7) is 0.481. The summed E-state index contributed by atoms with van der Waals surface area (Å²) < 4.78 is 0. The molecule has 1 aliphatic heterocycles. The molecule has 2 aromatic carbocycles. The van der Waals surface area contributed by atoms with Gasteiger partial charge in [-0.15, -0.1) is 0 Å². The van der Waals surface area contributed by atoms with Gasteiger partial charge < -0.3 is 5.32 Å². The van der Waals surface area contributed by atoms with Crippen molar-refractivity contribution in [2.75, 3.05) is 0 Å². The highest BCUT2D eigenvalue weighted by Gasteiger charge is 2.25. The Morgan fingerprint density at radius 1 is 1.10 bits per heavy atom. The highest BCUT2D eigenvalue weighted by atomic mass is 35.5. The van der Waals surface area contributed by atoms with Crippen LogP contribution in [0, 0.1) is 0 Å². The minimum Gasteiger partial charge on any atom is -0.334 e. The van der Waals surface area contributed by atoms with Crippen LogP contribution >= 0.6 is 11.6 Å². The van der Waals surface area contributed by atoms with Crippen molar-refractivity contribution in [3.63, 3.8) is 0 Å². The average molecular weight is 299 g/mol. The zero-order valence-corrected chi connectivity index (χ0v) is 12.1. The van der Waals surface area contributed by atoms with Gasteiger partial charge in [0.15, 0.2) is 0 Å². The maximum absolute atomic E-state index is 12.3. The van der Waals surface area contributed by atoms with E-state index in [1.165, 1.54) is 4.90 Å². The molecule has 1 heterocycles. The molecule has 3 rings (SSSR count). The van der Waals surface area contributed by atoms with E-state index in [-0.39, 0.29) is 6.03 Å². The van der Waals surface area contributed by atoms with Gasteiger partial charge in [0.2, 0.25) is 0 Å². The second-order valence-electron chi connectivity index (χ2n) is 4.83. The molecule has 0 spiro atoms. The Bertz CT molecular complexity index is 670. The lowest BCUT2D eigenvalue weighted by Gasteiger charge is -2.29. The number of hydrogen-bond acceptors (Lipinski definition) is 1. The quantitative estimate of drug-likeness (QED) is 0.656. The van der Waals surface area contributed by atoms with Gasteiger partial charge in [0.1, 0.15) is 5.50 Å². The molecule has 1 N–H and O–H groups in total. The van der Waals surface area contributed by atoms with Crippen LogP contribution in [0.5, 0.6) is 0 Å². The first-order valence-electron chi connectivity index (χ1n) is 6.77. The Kier molecular flexibility index (Phi) is 3.93. The molecule has 2 amide bonds. The van der Waals surface area contributed by atoms with Crippen LogP contribution in [-0.4, -0.2) is 10.9 Å². The number of amides is 2.